The molecule has 0 radical (unpaired) electrons. The highest BCUT2D eigenvalue weighted by molar-refractivity contribution is 5.80. The SMILES string of the molecule is CCC(C)(O)CNC(=O)C(C)N. The summed E-state index contributed by atoms with van der Waals surface area (Å²) < 4.78 is 0. The van der Waals surface area contributed by atoms with Gasteiger partial charge < -0.3 is 16.2 Å². The molecule has 4 nitrogen and oxygen atoms in total. The Bertz CT molecular complexity index is 155. The van der Waals surface area contributed by atoms with E-state index in [1.165, 1.54) is 0 Å². The molecule has 4 N–H and O–H groups in total. The molecule has 12 heavy (non-hydrogen) atoms. The van der Waals surface area contributed by atoms with Crippen LogP contribution in [0.15, 0.2) is 0 Å². The van der Waals surface area contributed by atoms with Gasteiger partial charge in [0.05, 0.1) is 11.6 Å². The maximum atomic E-state index is 11.0. The highest BCUT2D eigenvalue weighted by atomic mass is 16.3. The van der Waals surface area contributed by atoms with Crippen LogP contribution in [0.1, 0.15) is 27.2 Å². The Morgan fingerprint density at radius 3 is 2.58 bits per heavy atom. The van der Waals surface area contributed by atoms with Gasteiger partial charge in [0.1, 0.15) is 0 Å². The number of hydrogen-bond donors (Lipinski definition) is 3. The Labute approximate surface area is 73.1 Å². The number of hydrogen-bond acceptors (Lipinski definition) is 3. The van der Waals surface area contributed by atoms with Crippen molar-refractivity contribution in [1.82, 2.24) is 5.32 Å². The lowest BCUT2D eigenvalue weighted by Crippen LogP contribution is -2.45. The lowest BCUT2D eigenvalue weighted by Gasteiger charge is -2.22. The zero-order chi connectivity index (χ0) is 9.78. The van der Waals surface area contributed by atoms with Gasteiger partial charge in [0.2, 0.25) is 5.91 Å². The summed E-state index contributed by atoms with van der Waals surface area (Å²) >= 11 is 0. The van der Waals surface area contributed by atoms with Crippen molar-refractivity contribution in [3.05, 3.63) is 0 Å². The number of carbonyl (C=O) groups is 1. The summed E-state index contributed by atoms with van der Waals surface area (Å²) in [5.74, 6) is -0.233. The first-order valence-electron chi connectivity index (χ1n) is 4.14. The van der Waals surface area contributed by atoms with Crippen LogP contribution in [0.2, 0.25) is 0 Å². The number of amides is 1. The Morgan fingerprint density at radius 2 is 2.25 bits per heavy atom. The maximum Gasteiger partial charge on any atom is 0.236 e. The number of aliphatic hydroxyl groups is 1. The Hall–Kier alpha value is -0.610. The van der Waals surface area contributed by atoms with Gasteiger partial charge in [0.25, 0.3) is 0 Å². The predicted molar refractivity (Wildman–Crippen MR) is 47.6 cm³/mol. The smallest absolute Gasteiger partial charge is 0.236 e. The van der Waals surface area contributed by atoms with Gasteiger partial charge in [-0.05, 0) is 20.3 Å². The largest absolute Gasteiger partial charge is 0.388 e. The Balaban J connectivity index is 3.76. The number of nitrogens with two attached hydrogens (primary N) is 1. The molecule has 2 unspecified atom stereocenters. The van der Waals surface area contributed by atoms with Crippen molar-refractivity contribution in [3.8, 4) is 0 Å². The number of carbonyl (C=O) groups excluding carboxylic acids is 1. The molecular formula is C8H18N2O2. The summed E-state index contributed by atoms with van der Waals surface area (Å²) in [6, 6.07) is -0.516. The third-order valence-corrected chi connectivity index (χ3v) is 1.82. The number of rotatable bonds is 4. The molecule has 0 heterocycles. The Morgan fingerprint density at radius 1 is 1.75 bits per heavy atom. The second-order valence-corrected chi connectivity index (χ2v) is 3.36. The molecule has 0 bridgehead atoms. The predicted octanol–water partition coefficient (Wildman–Crippen LogP) is -0.389. The van der Waals surface area contributed by atoms with Crippen molar-refractivity contribution < 1.29 is 9.90 Å². The fraction of sp³-hybridized carbons (Fsp3) is 0.875. The normalized spacial score (nSPS) is 18.1. The molecule has 0 aromatic heterocycles. The third kappa shape index (κ3) is 4.31. The second kappa shape index (κ2) is 4.42. The molecule has 72 valence electrons. The minimum atomic E-state index is -0.829. The van der Waals surface area contributed by atoms with Gasteiger partial charge in [-0.1, -0.05) is 6.92 Å². The van der Waals surface area contributed by atoms with Crippen LogP contribution < -0.4 is 11.1 Å². The molecule has 0 fully saturated rings. The van der Waals surface area contributed by atoms with Crippen LogP contribution in [0.25, 0.3) is 0 Å². The van der Waals surface area contributed by atoms with Crippen molar-refractivity contribution in [1.29, 1.82) is 0 Å². The lowest BCUT2D eigenvalue weighted by atomic mass is 10.0. The molecule has 0 aliphatic heterocycles. The van der Waals surface area contributed by atoms with E-state index in [4.69, 9.17) is 5.73 Å². The molecule has 0 aromatic rings. The van der Waals surface area contributed by atoms with Crippen LogP contribution >= 0.6 is 0 Å². The van der Waals surface area contributed by atoms with Gasteiger partial charge in [-0.25, -0.2) is 0 Å². The summed E-state index contributed by atoms with van der Waals surface area (Å²) in [4.78, 5) is 11.0. The van der Waals surface area contributed by atoms with Gasteiger partial charge in [-0.15, -0.1) is 0 Å². The van der Waals surface area contributed by atoms with Crippen LogP contribution in [0, 0.1) is 0 Å². The molecule has 0 aromatic carbocycles. The fourth-order valence-electron chi connectivity index (χ4n) is 0.564. The zero-order valence-corrected chi connectivity index (χ0v) is 7.92. The van der Waals surface area contributed by atoms with E-state index in [9.17, 15) is 9.90 Å². The average Bonchev–Trinajstić information content (AvgIpc) is 2.00. The van der Waals surface area contributed by atoms with Crippen molar-refractivity contribution in [2.75, 3.05) is 6.54 Å². The summed E-state index contributed by atoms with van der Waals surface area (Å²) in [6.45, 7) is 5.40. The van der Waals surface area contributed by atoms with E-state index < -0.39 is 11.6 Å². The summed E-state index contributed by atoms with van der Waals surface area (Å²) in [5, 5.41) is 12.1. The van der Waals surface area contributed by atoms with Crippen LogP contribution in [0.3, 0.4) is 0 Å². The molecule has 2 atom stereocenters. The maximum absolute atomic E-state index is 11.0. The molecule has 0 aliphatic carbocycles. The third-order valence-electron chi connectivity index (χ3n) is 1.82. The van der Waals surface area contributed by atoms with Gasteiger partial charge in [-0.3, -0.25) is 4.79 Å². The molecule has 0 spiro atoms. The van der Waals surface area contributed by atoms with E-state index in [1.54, 1.807) is 13.8 Å². The van der Waals surface area contributed by atoms with E-state index in [0.717, 1.165) is 0 Å². The lowest BCUT2D eigenvalue weighted by molar-refractivity contribution is -0.123. The first-order chi connectivity index (χ1) is 5.39. The van der Waals surface area contributed by atoms with Crippen molar-refractivity contribution in [3.63, 3.8) is 0 Å². The topological polar surface area (TPSA) is 75.3 Å². The van der Waals surface area contributed by atoms with E-state index in [0.29, 0.717) is 6.42 Å². The number of nitrogens with one attached hydrogen (secondary N) is 1. The highest BCUT2D eigenvalue weighted by Gasteiger charge is 2.19. The van der Waals surface area contributed by atoms with Gasteiger partial charge >= 0.3 is 0 Å². The highest BCUT2D eigenvalue weighted by Crippen LogP contribution is 2.05. The molecule has 4 heteroatoms. The summed E-state index contributed by atoms with van der Waals surface area (Å²) in [6.07, 6.45) is 0.603. The minimum Gasteiger partial charge on any atom is -0.388 e. The summed E-state index contributed by atoms with van der Waals surface area (Å²) in [5.41, 5.74) is 4.48. The zero-order valence-electron chi connectivity index (χ0n) is 7.92. The van der Waals surface area contributed by atoms with Crippen molar-refractivity contribution in [2.45, 2.75) is 38.8 Å². The minimum absolute atomic E-state index is 0.233. The van der Waals surface area contributed by atoms with Crippen molar-refractivity contribution >= 4 is 5.91 Å². The van der Waals surface area contributed by atoms with Crippen LogP contribution in [0.5, 0.6) is 0 Å². The van der Waals surface area contributed by atoms with Crippen LogP contribution in [-0.4, -0.2) is 29.2 Å². The quantitative estimate of drug-likeness (QED) is 0.543. The van der Waals surface area contributed by atoms with Gasteiger partial charge in [0, 0.05) is 6.54 Å². The molecule has 1 amide bonds. The van der Waals surface area contributed by atoms with E-state index in [1.807, 2.05) is 6.92 Å². The molecule has 0 aliphatic rings. The molecule has 0 rings (SSSR count). The van der Waals surface area contributed by atoms with Crippen molar-refractivity contribution in [2.24, 2.45) is 5.73 Å². The standard InChI is InChI=1S/C8H18N2O2/c1-4-8(3,12)5-10-7(11)6(2)9/h6,12H,4-5,9H2,1-3H3,(H,10,11). The Kier molecular flexibility index (Phi) is 4.20. The molecular weight excluding hydrogens is 156 g/mol. The first kappa shape index (κ1) is 11.4. The van der Waals surface area contributed by atoms with Crippen LogP contribution in [0.4, 0.5) is 0 Å². The first-order valence-corrected chi connectivity index (χ1v) is 4.14. The molecule has 0 saturated carbocycles. The monoisotopic (exact) mass is 174 g/mol. The molecule has 0 saturated heterocycles. The second-order valence-electron chi connectivity index (χ2n) is 3.36. The van der Waals surface area contributed by atoms with Gasteiger partial charge in [-0.2, -0.15) is 0 Å². The van der Waals surface area contributed by atoms with Crippen LogP contribution in [-0.2, 0) is 4.79 Å². The van der Waals surface area contributed by atoms with Gasteiger partial charge in [0.15, 0.2) is 0 Å². The van der Waals surface area contributed by atoms with E-state index >= 15 is 0 Å². The fourth-order valence-corrected chi connectivity index (χ4v) is 0.564. The van der Waals surface area contributed by atoms with E-state index in [2.05, 4.69) is 5.32 Å². The average molecular weight is 174 g/mol. The van der Waals surface area contributed by atoms with E-state index in [-0.39, 0.29) is 12.5 Å². The summed E-state index contributed by atoms with van der Waals surface area (Å²) in [7, 11) is 0.